The summed E-state index contributed by atoms with van der Waals surface area (Å²) < 4.78 is 10.6. The Morgan fingerprint density at radius 1 is 1.27 bits per heavy atom. The molecule has 2 aliphatic heterocycles. The van der Waals surface area contributed by atoms with Gasteiger partial charge in [-0.15, -0.1) is 0 Å². The minimum Gasteiger partial charge on any atom is -0.497 e. The molecule has 0 aromatic heterocycles. The third-order valence-electron chi connectivity index (χ3n) is 4.96. The summed E-state index contributed by atoms with van der Waals surface area (Å²) in [6.07, 6.45) is 1.77. The largest absolute Gasteiger partial charge is 0.497 e. The number of hydrogen-bond acceptors (Lipinski definition) is 5. The lowest BCUT2D eigenvalue weighted by atomic mass is 10.2. The van der Waals surface area contributed by atoms with Crippen LogP contribution in [0, 0.1) is 0 Å². The summed E-state index contributed by atoms with van der Waals surface area (Å²) in [5, 5.41) is 2.94. The quantitative estimate of drug-likeness (QED) is 0.857. The first-order chi connectivity index (χ1) is 12.6. The number of methoxy groups -OCH3 is 1. The number of hydrogen-bond donors (Lipinski definition) is 1. The lowest BCUT2D eigenvalue weighted by molar-refractivity contribution is -0.140. The molecule has 1 N–H and O–H groups in total. The number of amides is 2. The maximum atomic E-state index is 12.7. The molecule has 0 bridgehead atoms. The second-order valence-electron chi connectivity index (χ2n) is 6.87. The normalized spacial score (nSPS) is 23.7. The fourth-order valence-electron chi connectivity index (χ4n) is 3.53. The zero-order chi connectivity index (χ0) is 18.5. The molecule has 3 rings (SSSR count). The Hall–Kier alpha value is -2.12. The Balaban J connectivity index is 1.56. The van der Waals surface area contributed by atoms with E-state index in [1.165, 1.54) is 0 Å². The van der Waals surface area contributed by atoms with Crippen molar-refractivity contribution in [2.75, 3.05) is 45.2 Å². The molecule has 2 aliphatic rings. The third kappa shape index (κ3) is 4.53. The second kappa shape index (κ2) is 8.51. The number of nitrogens with one attached hydrogen (secondary N) is 1. The topological polar surface area (TPSA) is 71.1 Å². The minimum absolute atomic E-state index is 0.0594. The molecule has 2 atom stereocenters. The van der Waals surface area contributed by atoms with Gasteiger partial charge in [0.15, 0.2) is 0 Å². The van der Waals surface area contributed by atoms with Crippen LogP contribution in [0.2, 0.25) is 0 Å². The van der Waals surface area contributed by atoms with E-state index in [2.05, 4.69) is 5.32 Å². The van der Waals surface area contributed by atoms with Gasteiger partial charge in [-0.25, -0.2) is 0 Å². The van der Waals surface area contributed by atoms with Crippen molar-refractivity contribution in [2.24, 2.45) is 0 Å². The number of morpholine rings is 1. The van der Waals surface area contributed by atoms with Crippen LogP contribution in [0.15, 0.2) is 24.3 Å². The number of ether oxygens (including phenoxy) is 2. The first-order valence-electron chi connectivity index (χ1n) is 9.15. The zero-order valence-electron chi connectivity index (χ0n) is 15.4. The highest BCUT2D eigenvalue weighted by molar-refractivity contribution is 5.95. The van der Waals surface area contributed by atoms with Gasteiger partial charge >= 0.3 is 0 Å². The maximum absolute atomic E-state index is 12.7. The summed E-state index contributed by atoms with van der Waals surface area (Å²) in [5.74, 6) is 0.760. The van der Waals surface area contributed by atoms with Crippen molar-refractivity contribution >= 4 is 17.5 Å². The van der Waals surface area contributed by atoms with Gasteiger partial charge in [0.05, 0.1) is 32.4 Å². The Morgan fingerprint density at radius 3 is 2.73 bits per heavy atom. The lowest BCUT2D eigenvalue weighted by Crippen LogP contribution is -2.50. The number of nitrogens with zero attached hydrogens (tertiary/aromatic N) is 2. The molecule has 26 heavy (non-hydrogen) atoms. The average molecular weight is 361 g/mol. The van der Waals surface area contributed by atoms with Crippen LogP contribution in [-0.4, -0.2) is 73.7 Å². The van der Waals surface area contributed by atoms with Gasteiger partial charge in [0.2, 0.25) is 11.8 Å². The van der Waals surface area contributed by atoms with Crippen LogP contribution in [0.4, 0.5) is 5.69 Å². The van der Waals surface area contributed by atoms with E-state index in [1.54, 1.807) is 7.11 Å². The Morgan fingerprint density at radius 2 is 2.04 bits per heavy atom. The van der Waals surface area contributed by atoms with Crippen molar-refractivity contribution in [1.29, 1.82) is 0 Å². The molecule has 0 radical (unpaired) electrons. The molecule has 2 unspecified atom stereocenters. The van der Waals surface area contributed by atoms with Crippen molar-refractivity contribution < 1.29 is 19.1 Å². The average Bonchev–Trinajstić information content (AvgIpc) is 3.10. The van der Waals surface area contributed by atoms with Crippen LogP contribution >= 0.6 is 0 Å². The molecule has 2 saturated heterocycles. The SMILES string of the molecule is COc1ccc(NC(=O)C2CCCN2CC(=O)N2CCOC(C)C2)cc1. The molecule has 7 nitrogen and oxygen atoms in total. The highest BCUT2D eigenvalue weighted by atomic mass is 16.5. The molecule has 7 heteroatoms. The molecule has 2 heterocycles. The number of carbonyl (C=O) groups excluding carboxylic acids is 2. The molecule has 142 valence electrons. The van der Waals surface area contributed by atoms with Crippen molar-refractivity contribution in [3.05, 3.63) is 24.3 Å². The van der Waals surface area contributed by atoms with Gasteiger partial charge in [-0.05, 0) is 50.6 Å². The van der Waals surface area contributed by atoms with Crippen LogP contribution in [0.3, 0.4) is 0 Å². The summed E-state index contributed by atoms with van der Waals surface area (Å²) in [7, 11) is 1.61. The molecule has 0 saturated carbocycles. The summed E-state index contributed by atoms with van der Waals surface area (Å²) >= 11 is 0. The Bertz CT molecular complexity index is 634. The molecule has 2 fully saturated rings. The predicted molar refractivity (Wildman–Crippen MR) is 98.2 cm³/mol. The van der Waals surface area contributed by atoms with Gasteiger partial charge in [0.25, 0.3) is 0 Å². The molecule has 0 aliphatic carbocycles. The number of carbonyl (C=O) groups is 2. The molecule has 1 aromatic rings. The molecule has 0 spiro atoms. The van der Waals surface area contributed by atoms with Gasteiger partial charge in [-0.3, -0.25) is 14.5 Å². The van der Waals surface area contributed by atoms with Gasteiger partial charge in [0, 0.05) is 18.8 Å². The predicted octanol–water partition coefficient (Wildman–Crippen LogP) is 1.35. The second-order valence-corrected chi connectivity index (χ2v) is 6.87. The van der Waals surface area contributed by atoms with Crippen LogP contribution in [0.5, 0.6) is 5.75 Å². The molecular formula is C19H27N3O4. The van der Waals surface area contributed by atoms with E-state index < -0.39 is 0 Å². The summed E-state index contributed by atoms with van der Waals surface area (Å²) in [6.45, 7) is 4.85. The molecular weight excluding hydrogens is 334 g/mol. The fourth-order valence-corrected chi connectivity index (χ4v) is 3.53. The van der Waals surface area contributed by atoms with Gasteiger partial charge in [-0.1, -0.05) is 0 Å². The van der Waals surface area contributed by atoms with E-state index in [4.69, 9.17) is 9.47 Å². The summed E-state index contributed by atoms with van der Waals surface area (Å²) in [5.41, 5.74) is 0.732. The van der Waals surface area contributed by atoms with Gasteiger partial charge in [-0.2, -0.15) is 0 Å². The lowest BCUT2D eigenvalue weighted by Gasteiger charge is -2.33. The summed E-state index contributed by atoms with van der Waals surface area (Å²) in [4.78, 5) is 29.1. The third-order valence-corrected chi connectivity index (χ3v) is 4.96. The maximum Gasteiger partial charge on any atom is 0.241 e. The van der Waals surface area contributed by atoms with Gasteiger partial charge in [0.1, 0.15) is 5.75 Å². The van der Waals surface area contributed by atoms with E-state index >= 15 is 0 Å². The van der Waals surface area contributed by atoms with Gasteiger partial charge < -0.3 is 19.7 Å². The van der Waals surface area contributed by atoms with E-state index in [9.17, 15) is 9.59 Å². The molecule has 2 amide bonds. The number of anilines is 1. The monoisotopic (exact) mass is 361 g/mol. The highest BCUT2D eigenvalue weighted by Crippen LogP contribution is 2.21. The van der Waals surface area contributed by atoms with Crippen LogP contribution < -0.4 is 10.1 Å². The zero-order valence-corrected chi connectivity index (χ0v) is 15.4. The number of rotatable bonds is 5. The van der Waals surface area contributed by atoms with E-state index in [-0.39, 0.29) is 30.5 Å². The highest BCUT2D eigenvalue weighted by Gasteiger charge is 2.33. The summed E-state index contributed by atoms with van der Waals surface area (Å²) in [6, 6.07) is 6.99. The van der Waals surface area contributed by atoms with Crippen LogP contribution in [0.25, 0.3) is 0 Å². The smallest absolute Gasteiger partial charge is 0.241 e. The Kier molecular flexibility index (Phi) is 6.11. The molecule has 1 aromatic carbocycles. The van der Waals surface area contributed by atoms with Crippen molar-refractivity contribution in [3.63, 3.8) is 0 Å². The van der Waals surface area contributed by atoms with Crippen molar-refractivity contribution in [2.45, 2.75) is 31.9 Å². The minimum atomic E-state index is -0.264. The first-order valence-corrected chi connectivity index (χ1v) is 9.15. The van der Waals surface area contributed by atoms with Crippen LogP contribution in [0.1, 0.15) is 19.8 Å². The standard InChI is InChI=1S/C19H27N3O4/c1-14-12-22(10-11-26-14)18(23)13-21-9-3-4-17(21)19(24)20-15-5-7-16(25-2)8-6-15/h5-8,14,17H,3-4,9-13H2,1-2H3,(H,20,24). The van der Waals surface area contributed by atoms with E-state index in [0.717, 1.165) is 30.8 Å². The van der Waals surface area contributed by atoms with Crippen LogP contribution in [-0.2, 0) is 14.3 Å². The number of likely N-dealkylation sites (tertiary alicyclic amines) is 1. The van der Waals surface area contributed by atoms with E-state index in [1.807, 2.05) is 41.0 Å². The van der Waals surface area contributed by atoms with Crippen molar-refractivity contribution in [1.82, 2.24) is 9.80 Å². The van der Waals surface area contributed by atoms with E-state index in [0.29, 0.717) is 19.7 Å². The Labute approximate surface area is 154 Å². The first kappa shape index (κ1) is 18.7. The fraction of sp³-hybridized carbons (Fsp3) is 0.579. The van der Waals surface area contributed by atoms with Crippen molar-refractivity contribution in [3.8, 4) is 5.75 Å². The number of benzene rings is 1.